The number of carboxylic acids is 1. The number of halogens is 3. The Morgan fingerprint density at radius 1 is 1.05 bits per heavy atom. The highest BCUT2D eigenvalue weighted by molar-refractivity contribution is 7.11. The van der Waals surface area contributed by atoms with Crippen molar-refractivity contribution in [2.45, 2.75) is 77.9 Å². The van der Waals surface area contributed by atoms with E-state index in [0.717, 1.165) is 62.3 Å². The molecule has 2 fully saturated rings. The lowest BCUT2D eigenvalue weighted by atomic mass is 9.85. The number of alkyl halides is 3. The lowest BCUT2D eigenvalue weighted by Crippen LogP contribution is -2.48. The van der Waals surface area contributed by atoms with Crippen LogP contribution in [0.1, 0.15) is 83.3 Å². The van der Waals surface area contributed by atoms with E-state index in [2.05, 4.69) is 41.0 Å². The second kappa shape index (κ2) is 12.9. The van der Waals surface area contributed by atoms with Crippen molar-refractivity contribution < 1.29 is 23.1 Å². The van der Waals surface area contributed by atoms with Crippen molar-refractivity contribution in [3.05, 3.63) is 86.4 Å². The van der Waals surface area contributed by atoms with Gasteiger partial charge in [0.2, 0.25) is 0 Å². The maximum absolute atomic E-state index is 13.2. The highest BCUT2D eigenvalue weighted by Crippen LogP contribution is 2.40. The highest BCUT2D eigenvalue weighted by atomic mass is 32.1. The van der Waals surface area contributed by atoms with Gasteiger partial charge in [0.1, 0.15) is 6.04 Å². The molecular weight excluding hydrogens is 583 g/mol. The van der Waals surface area contributed by atoms with Crippen molar-refractivity contribution in [3.63, 3.8) is 0 Å². The van der Waals surface area contributed by atoms with Gasteiger partial charge in [0.15, 0.2) is 0 Å². The number of likely N-dealkylation sites (tertiary alicyclic amines) is 2. The van der Waals surface area contributed by atoms with Crippen LogP contribution in [0.4, 0.5) is 13.2 Å². The molecule has 1 N–H and O–H groups in total. The molecule has 0 bridgehead atoms. The molecule has 1 aromatic heterocycles. The van der Waals surface area contributed by atoms with Crippen molar-refractivity contribution in [2.75, 3.05) is 32.7 Å². The van der Waals surface area contributed by atoms with Gasteiger partial charge in [-0.05, 0) is 74.2 Å². The number of aliphatic carboxylic acids is 1. The van der Waals surface area contributed by atoms with Crippen LogP contribution in [0.25, 0.3) is 0 Å². The molecule has 2 aliphatic heterocycles. The van der Waals surface area contributed by atoms with Gasteiger partial charge in [-0.2, -0.15) is 13.2 Å². The van der Waals surface area contributed by atoms with Crippen LogP contribution in [0.2, 0.25) is 0 Å². The van der Waals surface area contributed by atoms with Crippen LogP contribution in [0.5, 0.6) is 0 Å². The molecule has 0 aliphatic carbocycles. The third kappa shape index (κ3) is 7.54. The number of hydrogen-bond acceptors (Lipinski definition) is 5. The van der Waals surface area contributed by atoms with Gasteiger partial charge in [-0.3, -0.25) is 9.69 Å². The summed E-state index contributed by atoms with van der Waals surface area (Å²) in [6.45, 7) is 14.5. The van der Waals surface area contributed by atoms with Crippen LogP contribution in [0.3, 0.4) is 0 Å². The quantitative estimate of drug-likeness (QED) is 0.277. The molecule has 0 unspecified atom stereocenters. The zero-order chi connectivity index (χ0) is 31.8. The third-order valence-electron chi connectivity index (χ3n) is 9.30. The number of aryl methyl sites for hydroxylation is 2. The number of aromatic nitrogens is 1. The van der Waals surface area contributed by atoms with Gasteiger partial charge in [0, 0.05) is 36.9 Å². The Labute approximate surface area is 263 Å². The molecular formula is C35H44F3N3O2S. The number of benzene rings is 2. The second-order valence-electron chi connectivity index (χ2n) is 13.8. The van der Waals surface area contributed by atoms with Crippen molar-refractivity contribution in [1.82, 2.24) is 14.8 Å². The van der Waals surface area contributed by atoms with Crippen LogP contribution in [0, 0.1) is 25.2 Å². The molecule has 0 amide bonds. The van der Waals surface area contributed by atoms with Gasteiger partial charge in [-0.1, -0.05) is 68.8 Å². The normalized spacial score (nSPS) is 21.5. The van der Waals surface area contributed by atoms with Crippen LogP contribution >= 0.6 is 11.3 Å². The first-order valence-corrected chi connectivity index (χ1v) is 16.4. The monoisotopic (exact) mass is 627 g/mol. The van der Waals surface area contributed by atoms with Crippen molar-refractivity contribution in [3.8, 4) is 0 Å². The molecule has 0 saturated carbocycles. The van der Waals surface area contributed by atoms with Crippen LogP contribution in [-0.4, -0.2) is 64.6 Å². The molecule has 5 nitrogen and oxygen atoms in total. The lowest BCUT2D eigenvalue weighted by molar-refractivity contribution is -0.147. The molecule has 238 valence electrons. The minimum Gasteiger partial charge on any atom is -0.480 e. The zero-order valence-electron chi connectivity index (χ0n) is 26.3. The van der Waals surface area contributed by atoms with Crippen molar-refractivity contribution in [2.24, 2.45) is 11.3 Å². The summed E-state index contributed by atoms with van der Waals surface area (Å²) in [5.74, 6) is 0.249. The Bertz CT molecular complexity index is 1460. The van der Waals surface area contributed by atoms with Crippen molar-refractivity contribution >= 4 is 17.3 Å². The molecule has 3 atom stereocenters. The number of hydrogen-bond donors (Lipinski definition) is 1. The van der Waals surface area contributed by atoms with Gasteiger partial charge in [-0.25, -0.2) is 4.98 Å². The fourth-order valence-corrected chi connectivity index (χ4v) is 8.59. The molecule has 0 radical (unpaired) electrons. The van der Waals surface area contributed by atoms with E-state index in [-0.39, 0.29) is 11.3 Å². The first-order chi connectivity index (χ1) is 20.7. The summed E-state index contributed by atoms with van der Waals surface area (Å²) in [5, 5.41) is 11.0. The molecule has 2 aromatic carbocycles. The van der Waals surface area contributed by atoms with Gasteiger partial charge in [-0.15, -0.1) is 11.3 Å². The molecule has 9 heteroatoms. The number of carbonyl (C=O) groups is 1. The molecule has 2 saturated heterocycles. The Kier molecular flexibility index (Phi) is 9.59. The molecule has 0 spiro atoms. The SMILES string of the molecule is Cc1cccc([C@H]2CN([C@@H](C(=O)O)C(C)(C)C)C[C@@H]2CN2CCC(c3sc(Cc4cccc(C(F)(F)F)c4)nc3C)CC2)c1. The fourth-order valence-electron chi connectivity index (χ4n) is 7.31. The van der Waals surface area contributed by atoms with Gasteiger partial charge in [0.25, 0.3) is 0 Å². The summed E-state index contributed by atoms with van der Waals surface area (Å²) < 4.78 is 39.6. The van der Waals surface area contributed by atoms with Crippen molar-refractivity contribution in [1.29, 1.82) is 0 Å². The van der Waals surface area contributed by atoms with E-state index in [1.807, 2.05) is 27.7 Å². The van der Waals surface area contributed by atoms with E-state index >= 15 is 0 Å². The molecule has 2 aliphatic rings. The summed E-state index contributed by atoms with van der Waals surface area (Å²) in [5.41, 5.74) is 3.13. The van der Waals surface area contributed by atoms with E-state index < -0.39 is 23.8 Å². The average Bonchev–Trinajstić information content (AvgIpc) is 3.50. The number of nitrogens with zero attached hydrogens (tertiary/aromatic N) is 3. The van der Waals surface area contributed by atoms with Crippen LogP contribution < -0.4 is 0 Å². The minimum absolute atomic E-state index is 0.277. The van der Waals surface area contributed by atoms with Crippen LogP contribution in [0.15, 0.2) is 48.5 Å². The van der Waals surface area contributed by atoms with Gasteiger partial charge in [0.05, 0.1) is 16.3 Å². The lowest BCUT2D eigenvalue weighted by Gasteiger charge is -2.36. The van der Waals surface area contributed by atoms with Gasteiger partial charge < -0.3 is 10.0 Å². The highest BCUT2D eigenvalue weighted by Gasteiger charge is 2.44. The Morgan fingerprint density at radius 3 is 2.39 bits per heavy atom. The number of piperidine rings is 1. The average molecular weight is 628 g/mol. The Hall–Kier alpha value is -2.75. The first kappa shape index (κ1) is 32.6. The molecule has 3 heterocycles. The van der Waals surface area contributed by atoms with E-state index in [9.17, 15) is 23.1 Å². The van der Waals surface area contributed by atoms with Gasteiger partial charge >= 0.3 is 12.1 Å². The topological polar surface area (TPSA) is 56.7 Å². The summed E-state index contributed by atoms with van der Waals surface area (Å²) in [6.07, 6.45) is -1.93. The maximum atomic E-state index is 13.2. The van der Waals surface area contributed by atoms with Crippen LogP contribution in [-0.2, 0) is 17.4 Å². The predicted octanol–water partition coefficient (Wildman–Crippen LogP) is 7.76. The summed E-state index contributed by atoms with van der Waals surface area (Å²) in [4.78, 5) is 23.1. The summed E-state index contributed by atoms with van der Waals surface area (Å²) >= 11 is 1.64. The Morgan fingerprint density at radius 2 is 1.75 bits per heavy atom. The maximum Gasteiger partial charge on any atom is 0.416 e. The second-order valence-corrected chi connectivity index (χ2v) is 15.0. The molecule has 3 aromatic rings. The predicted molar refractivity (Wildman–Crippen MR) is 169 cm³/mol. The smallest absolute Gasteiger partial charge is 0.416 e. The zero-order valence-corrected chi connectivity index (χ0v) is 27.1. The Balaban J connectivity index is 1.25. The number of thiazole rings is 1. The first-order valence-electron chi connectivity index (χ1n) is 15.6. The van der Waals surface area contributed by atoms with E-state index in [1.54, 1.807) is 17.4 Å². The van der Waals surface area contributed by atoms with E-state index in [0.29, 0.717) is 23.8 Å². The van der Waals surface area contributed by atoms with E-state index in [1.165, 1.54) is 28.1 Å². The summed E-state index contributed by atoms with van der Waals surface area (Å²) in [7, 11) is 0. The number of rotatable bonds is 8. The summed E-state index contributed by atoms with van der Waals surface area (Å²) in [6, 6.07) is 13.7. The number of carboxylic acid groups (broad SMARTS) is 1. The largest absolute Gasteiger partial charge is 0.480 e. The minimum atomic E-state index is -4.35. The molecule has 44 heavy (non-hydrogen) atoms. The fraction of sp³-hybridized carbons (Fsp3) is 0.543. The molecule has 5 rings (SSSR count). The standard InChI is InChI=1S/C35H44F3N3O2S/c1-22-8-6-10-26(16-22)29-21-41(32(33(42)43)34(3,4)5)20-27(29)19-40-14-12-25(13-15-40)31-23(2)39-30(44-31)18-24-9-7-11-28(17-24)35(36,37)38/h6-11,16-17,25,27,29,32H,12-15,18-21H2,1-5H3,(H,42,43)/t27-,29+,32-/m0/s1. The third-order valence-corrected chi connectivity index (χ3v) is 10.6. The van der Waals surface area contributed by atoms with E-state index in [4.69, 9.17) is 4.98 Å².